The number of amides is 1. The fraction of sp³-hybridized carbons (Fsp3) is 0.368. The molecule has 4 nitrogen and oxygen atoms in total. The highest BCUT2D eigenvalue weighted by Crippen LogP contribution is 2.22. The number of carbonyl (C=O) groups is 1. The summed E-state index contributed by atoms with van der Waals surface area (Å²) in [6, 6.07) is 11.5. The SMILES string of the molecule is Cc1cccc(C(=O)N2CCC(CCOc3ccncc3)C2)c1. The average Bonchev–Trinajstić information content (AvgIpc) is 3.04. The molecule has 3 rings (SSSR count). The molecule has 0 aliphatic carbocycles. The van der Waals surface area contributed by atoms with Crippen LogP contribution in [0.15, 0.2) is 48.8 Å². The van der Waals surface area contributed by atoms with Gasteiger partial charge in [-0.05, 0) is 49.9 Å². The third kappa shape index (κ3) is 4.09. The minimum Gasteiger partial charge on any atom is -0.493 e. The molecule has 1 aliphatic rings. The first-order valence-electron chi connectivity index (χ1n) is 8.11. The lowest BCUT2D eigenvalue weighted by Gasteiger charge is -2.17. The molecule has 1 aromatic heterocycles. The zero-order valence-corrected chi connectivity index (χ0v) is 13.4. The second kappa shape index (κ2) is 7.27. The zero-order chi connectivity index (χ0) is 16.1. The van der Waals surface area contributed by atoms with Gasteiger partial charge in [0, 0.05) is 31.0 Å². The highest BCUT2D eigenvalue weighted by atomic mass is 16.5. The van der Waals surface area contributed by atoms with E-state index < -0.39 is 0 Å². The van der Waals surface area contributed by atoms with Gasteiger partial charge in [-0.15, -0.1) is 0 Å². The molecular formula is C19H22N2O2. The Morgan fingerprint density at radius 3 is 2.91 bits per heavy atom. The maximum atomic E-state index is 12.5. The number of hydrogen-bond acceptors (Lipinski definition) is 3. The van der Waals surface area contributed by atoms with Crippen molar-refractivity contribution in [2.24, 2.45) is 5.92 Å². The number of aryl methyl sites for hydroxylation is 1. The molecule has 2 aromatic rings. The first-order valence-corrected chi connectivity index (χ1v) is 8.11. The van der Waals surface area contributed by atoms with E-state index in [0.29, 0.717) is 12.5 Å². The lowest BCUT2D eigenvalue weighted by Crippen LogP contribution is -2.28. The quantitative estimate of drug-likeness (QED) is 0.851. The second-order valence-electron chi connectivity index (χ2n) is 6.10. The standard InChI is InChI=1S/C19H22N2O2/c1-15-3-2-4-17(13-15)19(22)21-11-7-16(14-21)8-12-23-18-5-9-20-10-6-18/h2-6,9-10,13,16H,7-8,11-12,14H2,1H3. The molecule has 1 aliphatic heterocycles. The van der Waals surface area contributed by atoms with E-state index in [1.54, 1.807) is 12.4 Å². The van der Waals surface area contributed by atoms with E-state index in [9.17, 15) is 4.79 Å². The molecule has 1 aromatic carbocycles. The van der Waals surface area contributed by atoms with Gasteiger partial charge in [-0.2, -0.15) is 0 Å². The summed E-state index contributed by atoms with van der Waals surface area (Å²) in [5.41, 5.74) is 1.91. The van der Waals surface area contributed by atoms with Crippen molar-refractivity contribution in [3.8, 4) is 5.75 Å². The van der Waals surface area contributed by atoms with Gasteiger partial charge < -0.3 is 9.64 Å². The van der Waals surface area contributed by atoms with Crippen LogP contribution >= 0.6 is 0 Å². The molecule has 0 N–H and O–H groups in total. The van der Waals surface area contributed by atoms with Crippen LogP contribution in [0.5, 0.6) is 5.75 Å². The number of pyridine rings is 1. The maximum Gasteiger partial charge on any atom is 0.253 e. The van der Waals surface area contributed by atoms with Gasteiger partial charge in [-0.25, -0.2) is 0 Å². The van der Waals surface area contributed by atoms with Crippen molar-refractivity contribution in [1.82, 2.24) is 9.88 Å². The fourth-order valence-corrected chi connectivity index (χ4v) is 2.99. The van der Waals surface area contributed by atoms with Gasteiger partial charge in [-0.3, -0.25) is 9.78 Å². The molecule has 0 saturated carbocycles. The minimum atomic E-state index is 0.145. The molecule has 2 heterocycles. The van der Waals surface area contributed by atoms with Gasteiger partial charge in [0.2, 0.25) is 0 Å². The predicted octanol–water partition coefficient (Wildman–Crippen LogP) is 3.32. The highest BCUT2D eigenvalue weighted by Gasteiger charge is 2.26. The van der Waals surface area contributed by atoms with Crippen molar-refractivity contribution in [2.45, 2.75) is 19.8 Å². The Labute approximate surface area is 137 Å². The van der Waals surface area contributed by atoms with E-state index in [1.165, 1.54) is 0 Å². The van der Waals surface area contributed by atoms with Crippen LogP contribution in [0, 0.1) is 12.8 Å². The lowest BCUT2D eigenvalue weighted by molar-refractivity contribution is 0.0785. The van der Waals surface area contributed by atoms with Crippen molar-refractivity contribution in [3.05, 3.63) is 59.9 Å². The molecule has 120 valence electrons. The molecule has 1 amide bonds. The van der Waals surface area contributed by atoms with E-state index in [4.69, 9.17) is 4.74 Å². The molecule has 1 fully saturated rings. The van der Waals surface area contributed by atoms with Crippen LogP contribution in [-0.2, 0) is 0 Å². The summed E-state index contributed by atoms with van der Waals surface area (Å²) in [6.45, 7) is 4.36. The van der Waals surface area contributed by atoms with Crippen LogP contribution in [-0.4, -0.2) is 35.5 Å². The van der Waals surface area contributed by atoms with Gasteiger partial charge in [0.1, 0.15) is 5.75 Å². The normalized spacial score (nSPS) is 17.3. The molecule has 0 radical (unpaired) electrons. The molecule has 1 saturated heterocycles. The van der Waals surface area contributed by atoms with Crippen LogP contribution in [0.2, 0.25) is 0 Å². The Hall–Kier alpha value is -2.36. The number of carbonyl (C=O) groups excluding carboxylic acids is 1. The number of likely N-dealkylation sites (tertiary alicyclic amines) is 1. The zero-order valence-electron chi connectivity index (χ0n) is 13.4. The molecule has 4 heteroatoms. The minimum absolute atomic E-state index is 0.145. The van der Waals surface area contributed by atoms with Gasteiger partial charge >= 0.3 is 0 Å². The molecule has 1 unspecified atom stereocenters. The summed E-state index contributed by atoms with van der Waals surface area (Å²) in [4.78, 5) is 18.5. The molecular weight excluding hydrogens is 288 g/mol. The second-order valence-corrected chi connectivity index (χ2v) is 6.10. The van der Waals surface area contributed by atoms with Crippen LogP contribution in [0.4, 0.5) is 0 Å². The number of ether oxygens (including phenoxy) is 1. The highest BCUT2D eigenvalue weighted by molar-refractivity contribution is 5.94. The van der Waals surface area contributed by atoms with Crippen molar-refractivity contribution in [1.29, 1.82) is 0 Å². The third-order valence-corrected chi connectivity index (χ3v) is 4.28. The Morgan fingerprint density at radius 2 is 2.13 bits per heavy atom. The van der Waals surface area contributed by atoms with E-state index in [0.717, 1.165) is 42.8 Å². The Morgan fingerprint density at radius 1 is 1.30 bits per heavy atom. The van der Waals surface area contributed by atoms with E-state index >= 15 is 0 Å². The lowest BCUT2D eigenvalue weighted by atomic mass is 10.1. The van der Waals surface area contributed by atoms with E-state index in [-0.39, 0.29) is 5.91 Å². The Bertz CT molecular complexity index is 657. The summed E-state index contributed by atoms with van der Waals surface area (Å²) in [5, 5.41) is 0. The average molecular weight is 310 g/mol. The van der Waals surface area contributed by atoms with Crippen molar-refractivity contribution in [3.63, 3.8) is 0 Å². The van der Waals surface area contributed by atoms with E-state index in [2.05, 4.69) is 4.98 Å². The number of aromatic nitrogens is 1. The molecule has 0 spiro atoms. The van der Waals surface area contributed by atoms with Gasteiger partial charge in [0.15, 0.2) is 0 Å². The number of rotatable bonds is 5. The summed E-state index contributed by atoms with van der Waals surface area (Å²) in [6.07, 6.45) is 5.48. The summed E-state index contributed by atoms with van der Waals surface area (Å²) in [5.74, 6) is 1.52. The largest absolute Gasteiger partial charge is 0.493 e. The molecule has 23 heavy (non-hydrogen) atoms. The van der Waals surface area contributed by atoms with Crippen LogP contribution < -0.4 is 4.74 Å². The van der Waals surface area contributed by atoms with Crippen molar-refractivity contribution < 1.29 is 9.53 Å². The number of benzene rings is 1. The van der Waals surface area contributed by atoms with Crippen LogP contribution in [0.25, 0.3) is 0 Å². The van der Waals surface area contributed by atoms with Gasteiger partial charge in [0.25, 0.3) is 5.91 Å². The summed E-state index contributed by atoms with van der Waals surface area (Å²) in [7, 11) is 0. The predicted molar refractivity (Wildman–Crippen MR) is 89.5 cm³/mol. The molecule has 0 bridgehead atoms. The van der Waals surface area contributed by atoms with Crippen LogP contribution in [0.3, 0.4) is 0 Å². The number of hydrogen-bond donors (Lipinski definition) is 0. The Balaban J connectivity index is 1.47. The Kier molecular flexibility index (Phi) is 4.91. The van der Waals surface area contributed by atoms with Crippen molar-refractivity contribution >= 4 is 5.91 Å². The monoisotopic (exact) mass is 310 g/mol. The first-order chi connectivity index (χ1) is 11.2. The van der Waals surface area contributed by atoms with Gasteiger partial charge in [0.05, 0.1) is 6.61 Å². The van der Waals surface area contributed by atoms with Crippen molar-refractivity contribution in [2.75, 3.05) is 19.7 Å². The summed E-state index contributed by atoms with van der Waals surface area (Å²) < 4.78 is 5.72. The summed E-state index contributed by atoms with van der Waals surface area (Å²) >= 11 is 0. The number of nitrogens with zero attached hydrogens (tertiary/aromatic N) is 2. The van der Waals surface area contributed by atoms with Gasteiger partial charge in [-0.1, -0.05) is 17.7 Å². The fourth-order valence-electron chi connectivity index (χ4n) is 2.99. The maximum absolute atomic E-state index is 12.5. The topological polar surface area (TPSA) is 42.4 Å². The third-order valence-electron chi connectivity index (χ3n) is 4.28. The first kappa shape index (κ1) is 15.5. The molecule has 1 atom stereocenters. The van der Waals surface area contributed by atoms with Crippen LogP contribution in [0.1, 0.15) is 28.8 Å². The van der Waals surface area contributed by atoms with E-state index in [1.807, 2.05) is 48.2 Å². The smallest absolute Gasteiger partial charge is 0.253 e.